The van der Waals surface area contributed by atoms with E-state index in [1.54, 1.807) is 30.3 Å². The molecule has 2 unspecified atom stereocenters. The Morgan fingerprint density at radius 3 is 2.18 bits per heavy atom. The number of ether oxygens (including phenoxy) is 1. The minimum absolute atomic E-state index is 0.00491. The van der Waals surface area contributed by atoms with E-state index in [9.17, 15) is 22.8 Å². The largest absolute Gasteiger partial charge is 0.471 e. The minimum Gasteiger partial charge on any atom is -0.445 e. The van der Waals surface area contributed by atoms with Crippen LogP contribution in [0.4, 0.5) is 22.4 Å². The second kappa shape index (κ2) is 9.64. The van der Waals surface area contributed by atoms with Crippen LogP contribution in [-0.2, 0) is 16.1 Å². The molecule has 1 aliphatic heterocycles. The molecule has 0 aromatic heterocycles. The van der Waals surface area contributed by atoms with Gasteiger partial charge in [0.1, 0.15) is 12.3 Å². The van der Waals surface area contributed by atoms with E-state index in [1.807, 2.05) is 30.3 Å². The van der Waals surface area contributed by atoms with Crippen LogP contribution < -0.4 is 0 Å². The van der Waals surface area contributed by atoms with E-state index in [1.165, 1.54) is 4.90 Å². The van der Waals surface area contributed by atoms with Gasteiger partial charge in [0.25, 0.3) is 0 Å². The number of nitrogens with zero attached hydrogens (tertiary/aromatic N) is 2. The lowest BCUT2D eigenvalue weighted by atomic mass is 9.92. The number of halogens is 4. The maximum absolute atomic E-state index is 15.6. The van der Waals surface area contributed by atoms with E-state index in [0.717, 1.165) is 11.1 Å². The molecule has 0 N–H and O–H groups in total. The van der Waals surface area contributed by atoms with Crippen LogP contribution in [0.15, 0.2) is 60.7 Å². The van der Waals surface area contributed by atoms with Crippen molar-refractivity contribution in [1.29, 1.82) is 0 Å². The standard InChI is InChI=1S/C25H26F4N2O3/c26-24(11-13-30(14-12-24)23(33)34-16-18-7-3-1-4-8-18)17-31(22(32)25(27,28)29)21-15-20(21)19-9-5-2-6-10-19/h1-10,20-21H,11-17H2. The third-order valence-corrected chi connectivity index (χ3v) is 6.46. The van der Waals surface area contributed by atoms with Gasteiger partial charge in [-0.2, -0.15) is 13.2 Å². The molecular weight excluding hydrogens is 452 g/mol. The van der Waals surface area contributed by atoms with Crippen LogP contribution in [0.2, 0.25) is 0 Å². The molecule has 2 fully saturated rings. The second-order valence-electron chi connectivity index (χ2n) is 8.93. The Balaban J connectivity index is 1.36. The highest BCUT2D eigenvalue weighted by Crippen LogP contribution is 2.47. The molecule has 5 nitrogen and oxygen atoms in total. The molecule has 34 heavy (non-hydrogen) atoms. The SMILES string of the molecule is O=C(OCc1ccccc1)N1CCC(F)(CN(C(=O)C(F)(F)F)C2CC2c2ccccc2)CC1. The fourth-order valence-corrected chi connectivity index (χ4v) is 4.45. The number of benzene rings is 2. The van der Waals surface area contributed by atoms with Crippen LogP contribution in [0.1, 0.15) is 36.3 Å². The second-order valence-corrected chi connectivity index (χ2v) is 8.93. The molecule has 182 valence electrons. The topological polar surface area (TPSA) is 49.9 Å². The predicted octanol–water partition coefficient (Wildman–Crippen LogP) is 5.07. The summed E-state index contributed by atoms with van der Waals surface area (Å²) in [4.78, 5) is 26.5. The number of piperidine rings is 1. The summed E-state index contributed by atoms with van der Waals surface area (Å²) in [7, 11) is 0. The van der Waals surface area contributed by atoms with Gasteiger partial charge in [0, 0.05) is 37.9 Å². The van der Waals surface area contributed by atoms with E-state index < -0.39 is 36.4 Å². The number of hydrogen-bond donors (Lipinski definition) is 0. The highest BCUT2D eigenvalue weighted by Gasteiger charge is 2.54. The van der Waals surface area contributed by atoms with E-state index in [4.69, 9.17) is 4.74 Å². The van der Waals surface area contributed by atoms with Crippen molar-refractivity contribution in [2.45, 2.75) is 49.7 Å². The number of likely N-dealkylation sites (tertiary alicyclic amines) is 1. The quantitative estimate of drug-likeness (QED) is 0.545. The van der Waals surface area contributed by atoms with Crippen LogP contribution in [0.25, 0.3) is 0 Å². The first-order chi connectivity index (χ1) is 16.2. The van der Waals surface area contributed by atoms with Gasteiger partial charge in [0.05, 0.1) is 6.54 Å². The zero-order chi connectivity index (χ0) is 24.3. The lowest BCUT2D eigenvalue weighted by Crippen LogP contribution is -2.53. The normalized spacial score (nSPS) is 21.6. The van der Waals surface area contributed by atoms with E-state index in [-0.39, 0.29) is 38.5 Å². The molecule has 2 aliphatic rings. The van der Waals surface area contributed by atoms with Crippen molar-refractivity contribution in [3.05, 3.63) is 71.8 Å². The smallest absolute Gasteiger partial charge is 0.445 e. The third-order valence-electron chi connectivity index (χ3n) is 6.46. The lowest BCUT2D eigenvalue weighted by Gasteiger charge is -2.39. The molecule has 2 amide bonds. The summed E-state index contributed by atoms with van der Waals surface area (Å²) in [5.74, 6) is -2.26. The Bertz CT molecular complexity index is 992. The van der Waals surface area contributed by atoms with Crippen molar-refractivity contribution in [2.24, 2.45) is 0 Å². The maximum atomic E-state index is 15.6. The molecule has 0 radical (unpaired) electrons. The lowest BCUT2D eigenvalue weighted by molar-refractivity contribution is -0.188. The van der Waals surface area contributed by atoms with Crippen LogP contribution in [0.5, 0.6) is 0 Å². The van der Waals surface area contributed by atoms with Gasteiger partial charge in [-0.15, -0.1) is 0 Å². The highest BCUT2D eigenvalue weighted by molar-refractivity contribution is 5.82. The van der Waals surface area contributed by atoms with Crippen molar-refractivity contribution in [3.63, 3.8) is 0 Å². The number of carbonyl (C=O) groups is 2. The van der Waals surface area contributed by atoms with Gasteiger partial charge in [0.2, 0.25) is 0 Å². The number of amides is 2. The summed E-state index contributed by atoms with van der Waals surface area (Å²) in [6.45, 7) is -0.560. The summed E-state index contributed by atoms with van der Waals surface area (Å²) in [6.07, 6.45) is -5.65. The number of hydrogen-bond acceptors (Lipinski definition) is 3. The van der Waals surface area contributed by atoms with E-state index in [2.05, 4.69) is 0 Å². The first kappa shape index (κ1) is 24.0. The molecule has 1 aliphatic carbocycles. The van der Waals surface area contributed by atoms with Gasteiger partial charge in [0.15, 0.2) is 0 Å². The van der Waals surface area contributed by atoms with Gasteiger partial charge in [-0.3, -0.25) is 4.79 Å². The predicted molar refractivity (Wildman–Crippen MR) is 117 cm³/mol. The van der Waals surface area contributed by atoms with Crippen LogP contribution in [-0.4, -0.2) is 59.3 Å². The molecule has 0 spiro atoms. The Morgan fingerprint density at radius 1 is 1.00 bits per heavy atom. The summed E-state index contributed by atoms with van der Waals surface area (Å²) in [5.41, 5.74) is -0.371. The summed E-state index contributed by atoms with van der Waals surface area (Å²) in [5, 5.41) is 0. The summed E-state index contributed by atoms with van der Waals surface area (Å²) in [6, 6.07) is 17.4. The molecule has 4 rings (SSSR count). The zero-order valence-electron chi connectivity index (χ0n) is 18.5. The Labute approximate surface area is 195 Å². The average molecular weight is 478 g/mol. The molecule has 0 bridgehead atoms. The zero-order valence-corrected chi connectivity index (χ0v) is 18.5. The van der Waals surface area contributed by atoms with Gasteiger partial charge in [-0.05, 0) is 17.5 Å². The minimum atomic E-state index is -5.08. The van der Waals surface area contributed by atoms with Gasteiger partial charge in [-0.25, -0.2) is 9.18 Å². The van der Waals surface area contributed by atoms with E-state index in [0.29, 0.717) is 11.3 Å². The molecular formula is C25H26F4N2O3. The Kier molecular flexibility index (Phi) is 6.81. The van der Waals surface area contributed by atoms with Gasteiger partial charge >= 0.3 is 18.2 Å². The molecule has 9 heteroatoms. The maximum Gasteiger partial charge on any atom is 0.471 e. The molecule has 1 heterocycles. The van der Waals surface area contributed by atoms with Crippen molar-refractivity contribution < 1.29 is 31.9 Å². The molecule has 2 aromatic carbocycles. The van der Waals surface area contributed by atoms with Crippen LogP contribution >= 0.6 is 0 Å². The van der Waals surface area contributed by atoms with Crippen molar-refractivity contribution in [1.82, 2.24) is 9.80 Å². The molecule has 1 saturated carbocycles. The van der Waals surface area contributed by atoms with E-state index >= 15 is 4.39 Å². The van der Waals surface area contributed by atoms with Crippen LogP contribution in [0.3, 0.4) is 0 Å². The monoisotopic (exact) mass is 478 g/mol. The van der Waals surface area contributed by atoms with Gasteiger partial charge < -0.3 is 14.5 Å². The molecule has 1 saturated heterocycles. The fourth-order valence-electron chi connectivity index (χ4n) is 4.45. The van der Waals surface area contributed by atoms with Crippen molar-refractivity contribution >= 4 is 12.0 Å². The first-order valence-corrected chi connectivity index (χ1v) is 11.2. The molecule has 2 atom stereocenters. The van der Waals surface area contributed by atoms with Crippen LogP contribution in [0, 0.1) is 0 Å². The Hall–Kier alpha value is -3.10. The molecule has 2 aromatic rings. The Morgan fingerprint density at radius 2 is 1.59 bits per heavy atom. The fraction of sp³-hybridized carbons (Fsp3) is 0.440. The highest BCUT2D eigenvalue weighted by atomic mass is 19.4. The van der Waals surface area contributed by atoms with Crippen molar-refractivity contribution in [3.8, 4) is 0 Å². The number of alkyl halides is 4. The summed E-state index contributed by atoms with van der Waals surface area (Å²) < 4.78 is 60.8. The number of rotatable bonds is 6. The third kappa shape index (κ3) is 5.69. The summed E-state index contributed by atoms with van der Waals surface area (Å²) >= 11 is 0. The first-order valence-electron chi connectivity index (χ1n) is 11.2. The number of carbonyl (C=O) groups excluding carboxylic acids is 2. The average Bonchev–Trinajstić information content (AvgIpc) is 3.63. The van der Waals surface area contributed by atoms with Crippen molar-refractivity contribution in [2.75, 3.05) is 19.6 Å². The van der Waals surface area contributed by atoms with Gasteiger partial charge in [-0.1, -0.05) is 60.7 Å².